The average molecular weight is 179 g/mol. The number of allylic oxidation sites excluding steroid dienone is 2. The van der Waals surface area contributed by atoms with Gasteiger partial charge in [0.15, 0.2) is 0 Å². The molecule has 0 aromatic heterocycles. The van der Waals surface area contributed by atoms with E-state index in [1.807, 2.05) is 0 Å². The number of rotatable bonds is 3. The summed E-state index contributed by atoms with van der Waals surface area (Å²) < 4.78 is 0. The Bertz CT molecular complexity index is 278. The van der Waals surface area contributed by atoms with Crippen LogP contribution < -0.4 is 0 Å². The summed E-state index contributed by atoms with van der Waals surface area (Å²) in [5, 5.41) is 9.11. The molecule has 1 heterocycles. The molecule has 0 saturated heterocycles. The van der Waals surface area contributed by atoms with Crippen molar-refractivity contribution >= 4 is 5.71 Å². The maximum Gasteiger partial charge on any atom is 0.0816 e. The number of fused-ring (bicyclic) bond motifs is 1. The molecule has 2 rings (SSSR count). The number of aliphatic imine (C=N–C) groups is 1. The van der Waals surface area contributed by atoms with E-state index in [-0.39, 0.29) is 6.61 Å². The first-order chi connectivity index (χ1) is 6.27. The van der Waals surface area contributed by atoms with Crippen molar-refractivity contribution in [1.29, 1.82) is 0 Å². The maximum atomic E-state index is 9.11. The molecule has 0 aromatic rings. The molecule has 72 valence electrons. The molecule has 0 spiro atoms. The molecule has 0 aromatic carbocycles. The largest absolute Gasteiger partial charge is 0.390 e. The predicted molar refractivity (Wildman–Crippen MR) is 53.7 cm³/mol. The van der Waals surface area contributed by atoms with Crippen LogP contribution in [0.4, 0.5) is 0 Å². The highest BCUT2D eigenvalue weighted by molar-refractivity contribution is 5.92. The second-order valence-corrected chi connectivity index (χ2v) is 4.09. The Morgan fingerprint density at radius 1 is 1.46 bits per heavy atom. The van der Waals surface area contributed by atoms with Gasteiger partial charge in [-0.1, -0.05) is 13.3 Å². The third kappa shape index (κ3) is 1.44. The van der Waals surface area contributed by atoms with Crippen molar-refractivity contribution in [3.8, 4) is 0 Å². The first kappa shape index (κ1) is 8.95. The fourth-order valence-electron chi connectivity index (χ4n) is 2.24. The van der Waals surface area contributed by atoms with Crippen LogP contribution in [0, 0.1) is 11.8 Å². The van der Waals surface area contributed by atoms with Crippen LogP contribution in [0.15, 0.2) is 16.3 Å². The molecular weight excluding hydrogens is 162 g/mol. The number of nitrogens with zero attached hydrogens (tertiary/aromatic N) is 1. The summed E-state index contributed by atoms with van der Waals surface area (Å²) in [5.74, 6) is 1.31. The Morgan fingerprint density at radius 3 is 2.85 bits per heavy atom. The summed E-state index contributed by atoms with van der Waals surface area (Å²) in [6.07, 6.45) is 3.43. The van der Waals surface area contributed by atoms with E-state index < -0.39 is 0 Å². The number of hydrogen-bond acceptors (Lipinski definition) is 2. The van der Waals surface area contributed by atoms with Crippen molar-refractivity contribution in [3.63, 3.8) is 0 Å². The van der Waals surface area contributed by atoms with Gasteiger partial charge in [-0.25, -0.2) is 0 Å². The van der Waals surface area contributed by atoms with Gasteiger partial charge in [-0.05, 0) is 31.3 Å². The predicted octanol–water partition coefficient (Wildman–Crippen LogP) is 2.14. The van der Waals surface area contributed by atoms with Gasteiger partial charge in [-0.2, -0.15) is 0 Å². The highest BCUT2D eigenvalue weighted by Crippen LogP contribution is 2.49. The van der Waals surface area contributed by atoms with Crippen molar-refractivity contribution in [2.75, 3.05) is 6.61 Å². The average Bonchev–Trinajstić information content (AvgIpc) is 2.90. The normalized spacial score (nSPS) is 31.5. The zero-order valence-electron chi connectivity index (χ0n) is 8.38. The van der Waals surface area contributed by atoms with Gasteiger partial charge in [0.2, 0.25) is 0 Å². The topological polar surface area (TPSA) is 32.6 Å². The minimum atomic E-state index is 0.154. The number of aliphatic hydroxyl groups excluding tert-OH is 1. The lowest BCUT2D eigenvalue weighted by molar-refractivity contribution is 0.353. The van der Waals surface area contributed by atoms with Crippen LogP contribution in [0.3, 0.4) is 0 Å². The monoisotopic (exact) mass is 179 g/mol. The van der Waals surface area contributed by atoms with Crippen LogP contribution >= 0.6 is 0 Å². The van der Waals surface area contributed by atoms with Crippen LogP contribution in [0.2, 0.25) is 0 Å². The van der Waals surface area contributed by atoms with E-state index in [0.717, 1.165) is 24.5 Å². The molecule has 0 bridgehead atoms. The van der Waals surface area contributed by atoms with Gasteiger partial charge >= 0.3 is 0 Å². The first-order valence-electron chi connectivity index (χ1n) is 5.15. The lowest BCUT2D eigenvalue weighted by Gasteiger charge is -2.14. The first-order valence-corrected chi connectivity index (χ1v) is 5.15. The lowest BCUT2D eigenvalue weighted by Crippen LogP contribution is -2.13. The Hall–Kier alpha value is -0.630. The van der Waals surface area contributed by atoms with E-state index in [1.165, 1.54) is 17.7 Å². The molecule has 1 fully saturated rings. The van der Waals surface area contributed by atoms with E-state index >= 15 is 0 Å². The second-order valence-electron chi connectivity index (χ2n) is 4.09. The zero-order valence-corrected chi connectivity index (χ0v) is 8.38. The minimum Gasteiger partial charge on any atom is -0.390 e. The molecule has 2 aliphatic rings. The fraction of sp³-hybridized carbons (Fsp3) is 0.727. The molecule has 2 nitrogen and oxygen atoms in total. The van der Waals surface area contributed by atoms with Gasteiger partial charge in [0.1, 0.15) is 0 Å². The molecule has 2 unspecified atom stereocenters. The van der Waals surface area contributed by atoms with Crippen molar-refractivity contribution in [2.24, 2.45) is 16.8 Å². The van der Waals surface area contributed by atoms with Gasteiger partial charge in [-0.15, -0.1) is 0 Å². The highest BCUT2D eigenvalue weighted by atomic mass is 16.3. The van der Waals surface area contributed by atoms with Gasteiger partial charge in [0, 0.05) is 17.3 Å². The zero-order chi connectivity index (χ0) is 9.42. The molecule has 0 radical (unpaired) electrons. The smallest absolute Gasteiger partial charge is 0.0816 e. The molecule has 1 aliphatic carbocycles. The highest BCUT2D eigenvalue weighted by Gasteiger charge is 2.44. The van der Waals surface area contributed by atoms with Gasteiger partial charge < -0.3 is 5.11 Å². The van der Waals surface area contributed by atoms with E-state index in [4.69, 9.17) is 5.11 Å². The summed E-state index contributed by atoms with van der Waals surface area (Å²) in [6.45, 7) is 4.53. The Kier molecular flexibility index (Phi) is 2.24. The molecule has 1 N–H and O–H groups in total. The van der Waals surface area contributed by atoms with Crippen molar-refractivity contribution in [2.45, 2.75) is 33.1 Å². The van der Waals surface area contributed by atoms with Gasteiger partial charge in [0.05, 0.1) is 6.61 Å². The SMILES string of the molecule is CCCC1=C(C)C2CC2C(CO)=N1. The summed E-state index contributed by atoms with van der Waals surface area (Å²) in [7, 11) is 0. The third-order valence-electron chi connectivity index (χ3n) is 3.16. The lowest BCUT2D eigenvalue weighted by atomic mass is 10.0. The van der Waals surface area contributed by atoms with Crippen LogP contribution in [-0.4, -0.2) is 17.4 Å². The van der Waals surface area contributed by atoms with Crippen LogP contribution in [0.1, 0.15) is 33.1 Å². The van der Waals surface area contributed by atoms with Gasteiger partial charge in [-0.3, -0.25) is 4.99 Å². The molecule has 0 amide bonds. The Labute approximate surface area is 79.4 Å². The van der Waals surface area contributed by atoms with Crippen molar-refractivity contribution in [1.82, 2.24) is 0 Å². The van der Waals surface area contributed by atoms with E-state index in [9.17, 15) is 0 Å². The van der Waals surface area contributed by atoms with Gasteiger partial charge in [0.25, 0.3) is 0 Å². The van der Waals surface area contributed by atoms with Crippen LogP contribution in [0.5, 0.6) is 0 Å². The summed E-state index contributed by atoms with van der Waals surface area (Å²) in [4.78, 5) is 4.54. The van der Waals surface area contributed by atoms with Crippen molar-refractivity contribution in [3.05, 3.63) is 11.3 Å². The Balaban J connectivity index is 2.22. The second kappa shape index (κ2) is 3.26. The molecule has 1 saturated carbocycles. The number of aliphatic hydroxyl groups is 1. The minimum absolute atomic E-state index is 0.154. The summed E-state index contributed by atoms with van der Waals surface area (Å²) in [6, 6.07) is 0. The summed E-state index contributed by atoms with van der Waals surface area (Å²) >= 11 is 0. The Morgan fingerprint density at radius 2 is 2.23 bits per heavy atom. The van der Waals surface area contributed by atoms with E-state index in [2.05, 4.69) is 18.8 Å². The maximum absolute atomic E-state index is 9.11. The van der Waals surface area contributed by atoms with Crippen LogP contribution in [0.25, 0.3) is 0 Å². The fourth-order valence-corrected chi connectivity index (χ4v) is 2.24. The standard InChI is InChI=1S/C11H17NO/c1-3-4-10-7(2)8-5-9(8)11(6-13)12-10/h8-9,13H,3-6H2,1-2H3. The number of hydrogen-bond donors (Lipinski definition) is 1. The molecule has 2 atom stereocenters. The molecule has 1 aliphatic heterocycles. The third-order valence-corrected chi connectivity index (χ3v) is 3.16. The molecule has 2 heteroatoms. The quantitative estimate of drug-likeness (QED) is 0.707. The molecule has 13 heavy (non-hydrogen) atoms. The summed E-state index contributed by atoms with van der Waals surface area (Å²) in [5.41, 5.74) is 3.74. The van der Waals surface area contributed by atoms with E-state index in [0.29, 0.717) is 5.92 Å². The van der Waals surface area contributed by atoms with Crippen LogP contribution in [-0.2, 0) is 0 Å². The van der Waals surface area contributed by atoms with Crippen molar-refractivity contribution < 1.29 is 5.11 Å². The van der Waals surface area contributed by atoms with E-state index in [1.54, 1.807) is 0 Å². The molecular formula is C11H17NO.